The lowest BCUT2D eigenvalue weighted by Crippen LogP contribution is -2.66. The number of nitrogens with zero attached hydrogens (tertiary/aromatic N) is 1. The summed E-state index contributed by atoms with van der Waals surface area (Å²) < 4.78 is 32.8. The van der Waals surface area contributed by atoms with Crippen LogP contribution in [0.25, 0.3) is 0 Å². The standard InChI is InChI=1S/C24H34ClNO18/c25-8-3-7(26(37)38)1-2-9(8)39-22-18(35)15(32)20(11(5-28)41-22)44-24-19(36)16(33)21(12(6-29)42-24)43-23-17(34)14(31)13(30)10(4-27)40-23/h1-3,10-24,27-36H,4-6H2/t10-,11-,12-,13-,14+,15?,16?,17-,18-,19-,20-,21-,22?,23?,24?/m1/s1. The maximum atomic E-state index is 10.9. The van der Waals surface area contributed by atoms with Gasteiger partial charge in [-0.15, -0.1) is 0 Å². The van der Waals surface area contributed by atoms with Gasteiger partial charge in [0.15, 0.2) is 12.6 Å². The maximum absolute atomic E-state index is 10.9. The molecule has 3 saturated heterocycles. The van der Waals surface area contributed by atoms with Crippen LogP contribution < -0.4 is 4.74 Å². The first kappa shape index (κ1) is 35.0. The van der Waals surface area contributed by atoms with Crippen molar-refractivity contribution in [2.45, 2.75) is 92.1 Å². The molecule has 0 bridgehead atoms. The Balaban J connectivity index is 1.44. The quantitative estimate of drug-likeness (QED) is 0.0831. The van der Waals surface area contributed by atoms with Crippen molar-refractivity contribution in [2.75, 3.05) is 19.8 Å². The van der Waals surface area contributed by atoms with Gasteiger partial charge in [-0.05, 0) is 6.07 Å². The molecule has 4 rings (SSSR count). The van der Waals surface area contributed by atoms with E-state index in [0.717, 1.165) is 18.2 Å². The number of rotatable bonds is 10. The zero-order valence-electron chi connectivity index (χ0n) is 22.6. The fraction of sp³-hybridized carbons (Fsp3) is 0.750. The van der Waals surface area contributed by atoms with Crippen LogP contribution in [0.1, 0.15) is 0 Å². The summed E-state index contributed by atoms with van der Waals surface area (Å²) in [5.74, 6) is -0.157. The summed E-state index contributed by atoms with van der Waals surface area (Å²) in [6, 6.07) is 3.18. The van der Waals surface area contributed by atoms with Gasteiger partial charge in [0, 0.05) is 12.1 Å². The minimum Gasteiger partial charge on any atom is -0.460 e. The molecular weight excluding hydrogens is 626 g/mol. The van der Waals surface area contributed by atoms with Crippen molar-refractivity contribution < 1.29 is 84.4 Å². The Hall–Kier alpha value is -1.89. The summed E-state index contributed by atoms with van der Waals surface area (Å²) in [6.45, 7) is -2.47. The van der Waals surface area contributed by atoms with E-state index in [2.05, 4.69) is 0 Å². The second-order valence-electron chi connectivity index (χ2n) is 10.3. The molecule has 1 aromatic rings. The van der Waals surface area contributed by atoms with E-state index in [-0.39, 0.29) is 16.5 Å². The van der Waals surface area contributed by atoms with Crippen molar-refractivity contribution >= 4 is 17.3 Å². The predicted molar refractivity (Wildman–Crippen MR) is 138 cm³/mol. The molecule has 0 aromatic heterocycles. The average Bonchev–Trinajstić information content (AvgIpc) is 3.00. The SMILES string of the molecule is O=[N+]([O-])c1ccc(OC2O[C@H](CO)[C@@H](OC3O[C@H](CO)[C@@H](OC4O[C@H](CO)[C@@H](O)[C@H](O)[C@H]4O)C(O)[C@H]3O)C(O)[C@H]2O)c(Cl)c1. The van der Waals surface area contributed by atoms with Gasteiger partial charge in [0.1, 0.15) is 79.0 Å². The molecule has 10 N–H and O–H groups in total. The van der Waals surface area contributed by atoms with Gasteiger partial charge in [0.2, 0.25) is 6.29 Å². The third-order valence-electron chi connectivity index (χ3n) is 7.44. The van der Waals surface area contributed by atoms with Crippen LogP contribution in [0.3, 0.4) is 0 Å². The smallest absolute Gasteiger partial charge is 0.271 e. The molecule has 19 nitrogen and oxygen atoms in total. The van der Waals surface area contributed by atoms with Crippen LogP contribution in [-0.4, -0.2) is 168 Å². The summed E-state index contributed by atoms with van der Waals surface area (Å²) in [6.07, 6.45) is -25.9. The summed E-state index contributed by atoms with van der Waals surface area (Å²) in [7, 11) is 0. The number of halogens is 1. The molecule has 250 valence electrons. The minimum atomic E-state index is -1.98. The van der Waals surface area contributed by atoms with E-state index in [0.29, 0.717) is 0 Å². The molecule has 3 aliphatic rings. The highest BCUT2D eigenvalue weighted by Crippen LogP contribution is 2.35. The maximum Gasteiger partial charge on any atom is 0.271 e. The second kappa shape index (κ2) is 14.7. The number of nitro groups is 1. The van der Waals surface area contributed by atoms with Crippen LogP contribution in [0.4, 0.5) is 5.69 Å². The molecule has 3 aliphatic heterocycles. The van der Waals surface area contributed by atoms with Gasteiger partial charge >= 0.3 is 0 Å². The van der Waals surface area contributed by atoms with Crippen LogP contribution in [0, 0.1) is 10.1 Å². The van der Waals surface area contributed by atoms with Crippen molar-refractivity contribution in [3.63, 3.8) is 0 Å². The number of hydrogen-bond donors (Lipinski definition) is 10. The molecule has 0 spiro atoms. The lowest BCUT2D eigenvalue weighted by Gasteiger charge is -2.48. The first-order valence-electron chi connectivity index (χ1n) is 13.3. The van der Waals surface area contributed by atoms with Gasteiger partial charge in [-0.1, -0.05) is 11.6 Å². The van der Waals surface area contributed by atoms with E-state index in [1.54, 1.807) is 0 Å². The van der Waals surface area contributed by atoms with Crippen molar-refractivity contribution in [3.05, 3.63) is 33.3 Å². The van der Waals surface area contributed by atoms with Gasteiger partial charge in [0.25, 0.3) is 5.69 Å². The van der Waals surface area contributed by atoms with E-state index in [4.69, 9.17) is 40.0 Å². The van der Waals surface area contributed by atoms with Crippen LogP contribution in [0.15, 0.2) is 18.2 Å². The third kappa shape index (κ3) is 7.08. The van der Waals surface area contributed by atoms with Crippen molar-refractivity contribution in [1.29, 1.82) is 0 Å². The van der Waals surface area contributed by atoms with E-state index in [1.807, 2.05) is 0 Å². The minimum absolute atomic E-state index is 0.157. The highest BCUT2D eigenvalue weighted by molar-refractivity contribution is 6.32. The molecule has 20 heteroatoms. The fourth-order valence-corrected chi connectivity index (χ4v) is 5.18. The highest BCUT2D eigenvalue weighted by atomic mass is 35.5. The number of ether oxygens (including phenoxy) is 6. The summed E-state index contributed by atoms with van der Waals surface area (Å²) in [5, 5.41) is 113. The third-order valence-corrected chi connectivity index (χ3v) is 7.74. The van der Waals surface area contributed by atoms with Crippen LogP contribution >= 0.6 is 11.6 Å². The Labute approximate surface area is 253 Å². The van der Waals surface area contributed by atoms with Crippen LogP contribution in [0.5, 0.6) is 5.75 Å². The highest BCUT2D eigenvalue weighted by Gasteiger charge is 2.53. The molecule has 0 amide bonds. The average molecular weight is 660 g/mol. The Kier molecular flexibility index (Phi) is 11.7. The number of aliphatic hydroxyl groups is 10. The topological polar surface area (TPSA) is 301 Å². The van der Waals surface area contributed by atoms with Crippen molar-refractivity contribution in [1.82, 2.24) is 0 Å². The number of hydrogen-bond acceptors (Lipinski definition) is 18. The molecule has 5 unspecified atom stereocenters. The largest absolute Gasteiger partial charge is 0.460 e. The lowest BCUT2D eigenvalue weighted by atomic mass is 9.96. The lowest BCUT2D eigenvalue weighted by molar-refractivity contribution is -0.384. The molecule has 1 aromatic carbocycles. The van der Waals surface area contributed by atoms with E-state index in [9.17, 15) is 61.2 Å². The Morgan fingerprint density at radius 1 is 0.682 bits per heavy atom. The zero-order valence-corrected chi connectivity index (χ0v) is 23.3. The Bertz CT molecular complexity index is 1110. The van der Waals surface area contributed by atoms with Crippen molar-refractivity contribution in [2.24, 2.45) is 0 Å². The van der Waals surface area contributed by atoms with E-state index >= 15 is 0 Å². The van der Waals surface area contributed by atoms with Gasteiger partial charge < -0.3 is 79.5 Å². The van der Waals surface area contributed by atoms with Crippen LogP contribution in [-0.2, 0) is 23.7 Å². The zero-order chi connectivity index (χ0) is 32.5. The predicted octanol–water partition coefficient (Wildman–Crippen LogP) is -4.92. The number of nitro benzene ring substituents is 1. The molecule has 0 saturated carbocycles. The molecule has 0 aliphatic carbocycles. The van der Waals surface area contributed by atoms with E-state index < -0.39 is 117 Å². The van der Waals surface area contributed by atoms with Gasteiger partial charge in [-0.3, -0.25) is 10.1 Å². The van der Waals surface area contributed by atoms with Gasteiger partial charge in [0.05, 0.1) is 29.8 Å². The normalized spacial score (nSPS) is 43.0. The molecular formula is C24H34ClNO18. The monoisotopic (exact) mass is 659 g/mol. The second-order valence-corrected chi connectivity index (χ2v) is 10.7. The number of benzene rings is 1. The molecule has 15 atom stereocenters. The Morgan fingerprint density at radius 3 is 1.61 bits per heavy atom. The van der Waals surface area contributed by atoms with Gasteiger partial charge in [-0.2, -0.15) is 0 Å². The van der Waals surface area contributed by atoms with E-state index in [1.165, 1.54) is 0 Å². The van der Waals surface area contributed by atoms with Crippen molar-refractivity contribution in [3.8, 4) is 5.75 Å². The molecule has 0 radical (unpaired) electrons. The summed E-state index contributed by atoms with van der Waals surface area (Å²) >= 11 is 6.01. The van der Waals surface area contributed by atoms with Crippen LogP contribution in [0.2, 0.25) is 5.02 Å². The summed E-state index contributed by atoms with van der Waals surface area (Å²) in [5.41, 5.74) is -0.343. The molecule has 3 heterocycles. The molecule has 44 heavy (non-hydrogen) atoms. The van der Waals surface area contributed by atoms with Gasteiger partial charge in [-0.25, -0.2) is 0 Å². The summed E-state index contributed by atoms with van der Waals surface area (Å²) in [4.78, 5) is 10.2. The first-order valence-corrected chi connectivity index (χ1v) is 13.7. The number of non-ortho nitro benzene ring substituents is 1. The Morgan fingerprint density at radius 2 is 1.14 bits per heavy atom. The fourth-order valence-electron chi connectivity index (χ4n) is 4.96. The first-order chi connectivity index (χ1) is 20.8. The number of aliphatic hydroxyl groups excluding tert-OH is 10. The molecule has 3 fully saturated rings.